The molecule has 0 saturated carbocycles. The molecule has 16 heavy (non-hydrogen) atoms. The monoisotopic (exact) mass is 212 g/mol. The van der Waals surface area contributed by atoms with Crippen LogP contribution in [0.5, 0.6) is 0 Å². The average molecular weight is 212 g/mol. The van der Waals surface area contributed by atoms with Gasteiger partial charge in [-0.15, -0.1) is 0 Å². The molecule has 1 aromatic heterocycles. The van der Waals surface area contributed by atoms with Crippen LogP contribution in [0, 0.1) is 13.8 Å². The van der Waals surface area contributed by atoms with E-state index in [1.807, 2.05) is 32.0 Å². The van der Waals surface area contributed by atoms with Gasteiger partial charge in [-0.3, -0.25) is 0 Å². The summed E-state index contributed by atoms with van der Waals surface area (Å²) in [7, 11) is 0. The predicted octanol–water partition coefficient (Wildman–Crippen LogP) is 4.04. The molecule has 0 radical (unpaired) electrons. The molecule has 0 fully saturated rings. The third-order valence-corrected chi connectivity index (χ3v) is 2.52. The van der Waals surface area contributed by atoms with E-state index in [0.717, 1.165) is 17.1 Å². The Bertz CT molecular complexity index is 543. The maximum Gasteiger partial charge on any atom is 0.0459 e. The molecule has 4 heteroatoms. The van der Waals surface area contributed by atoms with Crippen molar-refractivity contribution in [2.75, 3.05) is 0 Å². The van der Waals surface area contributed by atoms with Gasteiger partial charge in [-0.05, 0) is 43.6 Å². The van der Waals surface area contributed by atoms with Crippen LogP contribution in [0.2, 0.25) is 0 Å². The molecule has 0 aliphatic carbocycles. The fourth-order valence-corrected chi connectivity index (χ4v) is 1.82. The van der Waals surface area contributed by atoms with E-state index in [2.05, 4.69) is 26.7 Å². The molecule has 0 aliphatic rings. The molecule has 0 atom stereocenters. The predicted molar refractivity (Wildman–Crippen MR) is 64.0 cm³/mol. The Kier molecular flexibility index (Phi) is 2.66. The normalized spacial score (nSPS) is 9.88. The van der Waals surface area contributed by atoms with Crippen LogP contribution in [0.15, 0.2) is 41.5 Å². The summed E-state index contributed by atoms with van der Waals surface area (Å²) >= 11 is 0. The minimum Gasteiger partial charge on any atom is -0.319 e. The van der Waals surface area contributed by atoms with Crippen molar-refractivity contribution in [3.8, 4) is 5.69 Å². The quantitative estimate of drug-likeness (QED) is 0.410. The fraction of sp³-hybridized carbons (Fsp3) is 0.167. The van der Waals surface area contributed by atoms with Gasteiger partial charge in [0.1, 0.15) is 0 Å². The molecule has 0 aliphatic heterocycles. The molecule has 80 valence electrons. The highest BCUT2D eigenvalue weighted by atomic mass is 15.1. The maximum absolute atomic E-state index is 8.40. The molecule has 0 saturated heterocycles. The fourth-order valence-electron chi connectivity index (χ4n) is 1.82. The van der Waals surface area contributed by atoms with Crippen LogP contribution in [0.1, 0.15) is 11.4 Å². The van der Waals surface area contributed by atoms with Crippen LogP contribution in [0.25, 0.3) is 16.1 Å². The summed E-state index contributed by atoms with van der Waals surface area (Å²) in [5.74, 6) is 0. The molecule has 4 nitrogen and oxygen atoms in total. The number of azide groups is 1. The zero-order valence-corrected chi connectivity index (χ0v) is 9.25. The summed E-state index contributed by atoms with van der Waals surface area (Å²) in [4.78, 5) is 2.79. The van der Waals surface area contributed by atoms with Gasteiger partial charge in [0.2, 0.25) is 0 Å². The first-order valence-electron chi connectivity index (χ1n) is 5.03. The van der Waals surface area contributed by atoms with E-state index in [0.29, 0.717) is 5.69 Å². The van der Waals surface area contributed by atoms with Crippen molar-refractivity contribution in [2.24, 2.45) is 5.11 Å². The molecule has 0 spiro atoms. The minimum absolute atomic E-state index is 0.632. The van der Waals surface area contributed by atoms with Crippen molar-refractivity contribution in [2.45, 2.75) is 13.8 Å². The van der Waals surface area contributed by atoms with E-state index in [-0.39, 0.29) is 0 Å². The van der Waals surface area contributed by atoms with Gasteiger partial charge >= 0.3 is 0 Å². The first-order chi connectivity index (χ1) is 7.72. The summed E-state index contributed by atoms with van der Waals surface area (Å²) in [6.07, 6.45) is 0. The second-order valence-electron chi connectivity index (χ2n) is 3.66. The Labute approximate surface area is 93.8 Å². The number of aryl methyl sites for hydroxylation is 2. The molecule has 2 rings (SSSR count). The topological polar surface area (TPSA) is 53.7 Å². The molecule has 1 aromatic carbocycles. The first kappa shape index (κ1) is 10.3. The first-order valence-corrected chi connectivity index (χ1v) is 5.03. The number of rotatable bonds is 2. The Balaban J connectivity index is 2.56. The second-order valence-corrected chi connectivity index (χ2v) is 3.66. The third-order valence-electron chi connectivity index (χ3n) is 2.52. The van der Waals surface area contributed by atoms with E-state index in [4.69, 9.17) is 5.53 Å². The highest BCUT2D eigenvalue weighted by Gasteiger charge is 2.03. The number of aromatic nitrogens is 1. The van der Waals surface area contributed by atoms with Crippen molar-refractivity contribution in [3.63, 3.8) is 0 Å². The van der Waals surface area contributed by atoms with Crippen LogP contribution >= 0.6 is 0 Å². The summed E-state index contributed by atoms with van der Waals surface area (Å²) in [5, 5.41) is 3.60. The number of benzene rings is 1. The van der Waals surface area contributed by atoms with Crippen LogP contribution < -0.4 is 0 Å². The maximum atomic E-state index is 8.40. The summed E-state index contributed by atoms with van der Waals surface area (Å²) < 4.78 is 2.12. The number of nitrogens with zero attached hydrogens (tertiary/aromatic N) is 4. The van der Waals surface area contributed by atoms with E-state index in [1.165, 1.54) is 0 Å². The van der Waals surface area contributed by atoms with Gasteiger partial charge in [0.25, 0.3) is 0 Å². The van der Waals surface area contributed by atoms with Gasteiger partial charge < -0.3 is 4.57 Å². The Morgan fingerprint density at radius 1 is 1.12 bits per heavy atom. The van der Waals surface area contributed by atoms with Crippen LogP contribution in [0.3, 0.4) is 0 Å². The Morgan fingerprint density at radius 3 is 2.44 bits per heavy atom. The van der Waals surface area contributed by atoms with Gasteiger partial charge in [-0.1, -0.05) is 17.2 Å². The number of hydrogen-bond acceptors (Lipinski definition) is 1. The average Bonchev–Trinajstić information content (AvgIpc) is 2.59. The lowest BCUT2D eigenvalue weighted by molar-refractivity contribution is 0.966. The van der Waals surface area contributed by atoms with Crippen molar-refractivity contribution < 1.29 is 0 Å². The molecule has 2 aromatic rings. The van der Waals surface area contributed by atoms with Crippen molar-refractivity contribution >= 4 is 5.69 Å². The standard InChI is InChI=1S/C12H12N4/c1-9-6-7-10(2)16(9)12-5-3-4-11(8-12)14-15-13/h3-8H,1-2H3. The third kappa shape index (κ3) is 1.78. The lowest BCUT2D eigenvalue weighted by atomic mass is 10.2. The van der Waals surface area contributed by atoms with Gasteiger partial charge in [0, 0.05) is 27.7 Å². The highest BCUT2D eigenvalue weighted by Crippen LogP contribution is 2.21. The second kappa shape index (κ2) is 4.13. The largest absolute Gasteiger partial charge is 0.319 e. The summed E-state index contributed by atoms with van der Waals surface area (Å²) in [6.45, 7) is 4.10. The van der Waals surface area contributed by atoms with E-state index in [9.17, 15) is 0 Å². The lowest BCUT2D eigenvalue weighted by Gasteiger charge is -2.09. The van der Waals surface area contributed by atoms with Gasteiger partial charge in [-0.2, -0.15) is 0 Å². The van der Waals surface area contributed by atoms with Crippen LogP contribution in [-0.2, 0) is 0 Å². The summed E-state index contributed by atoms with van der Waals surface area (Å²) in [6, 6.07) is 11.7. The van der Waals surface area contributed by atoms with Gasteiger partial charge in [0.15, 0.2) is 0 Å². The van der Waals surface area contributed by atoms with Crippen molar-refractivity contribution in [1.29, 1.82) is 0 Å². The molecule has 0 bridgehead atoms. The zero-order chi connectivity index (χ0) is 11.5. The minimum atomic E-state index is 0.632. The zero-order valence-electron chi connectivity index (χ0n) is 9.25. The van der Waals surface area contributed by atoms with Gasteiger partial charge in [0.05, 0.1) is 0 Å². The molecule has 1 heterocycles. The number of hydrogen-bond donors (Lipinski definition) is 0. The van der Waals surface area contributed by atoms with E-state index < -0.39 is 0 Å². The molecule has 0 amide bonds. The van der Waals surface area contributed by atoms with E-state index in [1.54, 1.807) is 6.07 Å². The SMILES string of the molecule is Cc1ccc(C)n1-c1cccc(N=[N+]=[N-])c1. The molecule has 0 N–H and O–H groups in total. The lowest BCUT2D eigenvalue weighted by Crippen LogP contribution is -1.97. The van der Waals surface area contributed by atoms with E-state index >= 15 is 0 Å². The van der Waals surface area contributed by atoms with Crippen molar-refractivity contribution in [3.05, 3.63) is 58.2 Å². The molecule has 0 unspecified atom stereocenters. The smallest absolute Gasteiger partial charge is 0.0459 e. The molecular formula is C12H12N4. The van der Waals surface area contributed by atoms with Gasteiger partial charge in [-0.25, -0.2) is 0 Å². The Morgan fingerprint density at radius 2 is 1.81 bits per heavy atom. The highest BCUT2D eigenvalue weighted by molar-refractivity contribution is 5.48. The van der Waals surface area contributed by atoms with Crippen LogP contribution in [0.4, 0.5) is 5.69 Å². The summed E-state index contributed by atoms with van der Waals surface area (Å²) in [5.41, 5.74) is 12.4. The van der Waals surface area contributed by atoms with Crippen molar-refractivity contribution in [1.82, 2.24) is 4.57 Å². The van der Waals surface area contributed by atoms with Crippen LogP contribution in [-0.4, -0.2) is 4.57 Å². The molecular weight excluding hydrogens is 200 g/mol. The Hall–Kier alpha value is -2.19.